The summed E-state index contributed by atoms with van der Waals surface area (Å²) < 4.78 is 0. The van der Waals surface area contributed by atoms with Crippen LogP contribution in [0, 0.1) is 5.41 Å². The summed E-state index contributed by atoms with van der Waals surface area (Å²) in [6.07, 6.45) is 7.41. The molecule has 1 fully saturated rings. The van der Waals surface area contributed by atoms with Gasteiger partial charge in [0, 0.05) is 18.3 Å². The smallest absolute Gasteiger partial charge is 0.303 e. The number of carbonyl (C=O) groups is 2. The Labute approximate surface area is 155 Å². The second-order valence-corrected chi connectivity index (χ2v) is 6.71. The van der Waals surface area contributed by atoms with Gasteiger partial charge in [-0.3, -0.25) is 9.59 Å². The van der Waals surface area contributed by atoms with Crippen LogP contribution in [0.5, 0.6) is 0 Å². The minimum Gasteiger partial charge on any atom is -0.481 e. The molecule has 1 rings (SSSR count). The average Bonchev–Trinajstić information content (AvgIpc) is 2.59. The maximum Gasteiger partial charge on any atom is 0.303 e. The summed E-state index contributed by atoms with van der Waals surface area (Å²) in [5.74, 6) is -0.165. The van der Waals surface area contributed by atoms with Crippen LogP contribution in [0.1, 0.15) is 57.8 Å². The van der Waals surface area contributed by atoms with Crippen LogP contribution >= 0.6 is 25.3 Å². The molecule has 8 heteroatoms. The van der Waals surface area contributed by atoms with Crippen LogP contribution in [0.15, 0.2) is 0 Å². The lowest BCUT2D eigenvalue weighted by molar-refractivity contribution is -0.138. The molecule has 0 saturated heterocycles. The molecule has 0 aromatic rings. The zero-order chi connectivity index (χ0) is 18.8. The van der Waals surface area contributed by atoms with Crippen molar-refractivity contribution in [2.24, 2.45) is 5.41 Å². The van der Waals surface area contributed by atoms with Gasteiger partial charge < -0.3 is 20.4 Å². The molecule has 6 nitrogen and oxygen atoms in total. The average molecular weight is 385 g/mol. The number of thiol groups is 2. The number of aliphatic hydroxyl groups excluding tert-OH is 2. The predicted octanol–water partition coefficient (Wildman–Crippen LogP) is 2.48. The van der Waals surface area contributed by atoms with E-state index in [0.29, 0.717) is 24.3 Å². The van der Waals surface area contributed by atoms with Gasteiger partial charge >= 0.3 is 11.9 Å². The van der Waals surface area contributed by atoms with Crippen molar-refractivity contribution in [1.82, 2.24) is 0 Å². The molecule has 0 heterocycles. The molecular weight excluding hydrogens is 352 g/mol. The molecular formula is C16H32O6S2. The van der Waals surface area contributed by atoms with Crippen molar-refractivity contribution in [2.75, 3.05) is 24.7 Å². The molecule has 0 atom stereocenters. The summed E-state index contributed by atoms with van der Waals surface area (Å²) in [6, 6.07) is 0. The molecule has 0 aromatic carbocycles. The van der Waals surface area contributed by atoms with E-state index in [2.05, 4.69) is 25.3 Å². The first-order valence-electron chi connectivity index (χ1n) is 8.24. The van der Waals surface area contributed by atoms with Crippen molar-refractivity contribution >= 4 is 37.2 Å². The quantitative estimate of drug-likeness (QED) is 0.358. The number of carboxylic acids is 2. The Morgan fingerprint density at radius 1 is 0.792 bits per heavy atom. The molecule has 1 aliphatic rings. The van der Waals surface area contributed by atoms with Gasteiger partial charge in [-0.1, -0.05) is 19.3 Å². The topological polar surface area (TPSA) is 115 Å². The number of rotatable bonds is 8. The summed E-state index contributed by atoms with van der Waals surface area (Å²) in [5, 5.41) is 34.0. The van der Waals surface area contributed by atoms with Crippen LogP contribution in [-0.2, 0) is 9.59 Å². The summed E-state index contributed by atoms with van der Waals surface area (Å²) >= 11 is 7.66. The molecule has 0 spiro atoms. The van der Waals surface area contributed by atoms with Crippen LogP contribution in [-0.4, -0.2) is 57.1 Å². The molecule has 0 aromatic heterocycles. The van der Waals surface area contributed by atoms with Gasteiger partial charge in [0.25, 0.3) is 0 Å². The van der Waals surface area contributed by atoms with E-state index < -0.39 is 11.9 Å². The highest BCUT2D eigenvalue weighted by molar-refractivity contribution is 7.80. The molecule has 4 N–H and O–H groups in total. The van der Waals surface area contributed by atoms with Crippen molar-refractivity contribution in [3.63, 3.8) is 0 Å². The SMILES string of the molecule is O=C(O)CCCS.O=C(O)CCCS.OCC1(CO)CCCCC1. The Bertz CT molecular complexity index is 296. The molecule has 0 amide bonds. The second-order valence-electron chi connectivity index (χ2n) is 5.82. The minimum absolute atomic E-state index is 0.127. The first-order valence-corrected chi connectivity index (χ1v) is 9.51. The summed E-state index contributed by atoms with van der Waals surface area (Å²) in [4.78, 5) is 19.4. The fourth-order valence-corrected chi connectivity index (χ4v) is 2.44. The van der Waals surface area contributed by atoms with E-state index in [-0.39, 0.29) is 31.5 Å². The summed E-state index contributed by atoms with van der Waals surface area (Å²) in [7, 11) is 0. The number of hydrogen-bond donors (Lipinski definition) is 6. The lowest BCUT2D eigenvalue weighted by atomic mass is 9.75. The second kappa shape index (κ2) is 17.4. The third kappa shape index (κ3) is 16.4. The largest absolute Gasteiger partial charge is 0.481 e. The lowest BCUT2D eigenvalue weighted by Gasteiger charge is -2.33. The van der Waals surface area contributed by atoms with Crippen LogP contribution in [0.2, 0.25) is 0 Å². The van der Waals surface area contributed by atoms with E-state index >= 15 is 0 Å². The molecule has 0 bridgehead atoms. The Morgan fingerprint density at radius 3 is 1.33 bits per heavy atom. The molecule has 144 valence electrons. The minimum atomic E-state index is -0.742. The zero-order valence-corrected chi connectivity index (χ0v) is 16.0. The predicted molar refractivity (Wildman–Crippen MR) is 101 cm³/mol. The fourth-order valence-electron chi connectivity index (χ4n) is 2.13. The lowest BCUT2D eigenvalue weighted by Crippen LogP contribution is -2.31. The van der Waals surface area contributed by atoms with Crippen LogP contribution in [0.3, 0.4) is 0 Å². The first kappa shape index (κ1) is 25.8. The highest BCUT2D eigenvalue weighted by Crippen LogP contribution is 2.34. The first-order chi connectivity index (χ1) is 11.4. The Morgan fingerprint density at radius 2 is 1.17 bits per heavy atom. The highest BCUT2D eigenvalue weighted by Gasteiger charge is 2.30. The number of hydrogen-bond acceptors (Lipinski definition) is 6. The van der Waals surface area contributed by atoms with E-state index in [1.54, 1.807) is 0 Å². The number of aliphatic hydroxyl groups is 2. The van der Waals surface area contributed by atoms with E-state index in [0.717, 1.165) is 12.8 Å². The zero-order valence-electron chi connectivity index (χ0n) is 14.2. The van der Waals surface area contributed by atoms with Gasteiger partial charge in [0.1, 0.15) is 0 Å². The van der Waals surface area contributed by atoms with Crippen LogP contribution in [0.4, 0.5) is 0 Å². The van der Waals surface area contributed by atoms with Gasteiger partial charge in [0.05, 0.1) is 13.2 Å². The van der Waals surface area contributed by atoms with Crippen LogP contribution < -0.4 is 0 Å². The summed E-state index contributed by atoms with van der Waals surface area (Å²) in [5.41, 5.74) is -0.127. The molecule has 24 heavy (non-hydrogen) atoms. The Hall–Kier alpha value is -0.440. The third-order valence-corrected chi connectivity index (χ3v) is 4.32. The number of aliphatic carboxylic acids is 2. The van der Waals surface area contributed by atoms with Gasteiger partial charge in [0.15, 0.2) is 0 Å². The monoisotopic (exact) mass is 384 g/mol. The van der Waals surface area contributed by atoms with Gasteiger partial charge in [-0.15, -0.1) is 0 Å². The van der Waals surface area contributed by atoms with Crippen molar-refractivity contribution < 1.29 is 30.0 Å². The fraction of sp³-hybridized carbons (Fsp3) is 0.875. The highest BCUT2D eigenvalue weighted by atomic mass is 32.1. The summed E-state index contributed by atoms with van der Waals surface area (Å²) in [6.45, 7) is 0.312. The van der Waals surface area contributed by atoms with Crippen molar-refractivity contribution in [1.29, 1.82) is 0 Å². The van der Waals surface area contributed by atoms with Gasteiger partial charge in [0.2, 0.25) is 0 Å². The number of carboxylic acid groups (broad SMARTS) is 2. The maximum atomic E-state index is 9.72. The molecule has 0 aliphatic heterocycles. The van der Waals surface area contributed by atoms with E-state index in [9.17, 15) is 9.59 Å². The van der Waals surface area contributed by atoms with Crippen LogP contribution in [0.25, 0.3) is 0 Å². The van der Waals surface area contributed by atoms with Crippen molar-refractivity contribution in [2.45, 2.75) is 57.8 Å². The molecule has 1 saturated carbocycles. The normalized spacial score (nSPS) is 15.3. The van der Waals surface area contributed by atoms with E-state index in [1.807, 2.05) is 0 Å². The van der Waals surface area contributed by atoms with Crippen molar-refractivity contribution in [3.8, 4) is 0 Å². The Kier molecular flexibility index (Phi) is 18.7. The Balaban J connectivity index is 0. The van der Waals surface area contributed by atoms with Gasteiger partial charge in [-0.25, -0.2) is 0 Å². The van der Waals surface area contributed by atoms with E-state index in [1.165, 1.54) is 19.3 Å². The van der Waals surface area contributed by atoms with Gasteiger partial charge in [-0.2, -0.15) is 25.3 Å². The maximum absolute atomic E-state index is 9.72. The molecule has 0 radical (unpaired) electrons. The molecule has 0 unspecified atom stereocenters. The van der Waals surface area contributed by atoms with Crippen molar-refractivity contribution in [3.05, 3.63) is 0 Å². The molecule has 1 aliphatic carbocycles. The van der Waals surface area contributed by atoms with E-state index in [4.69, 9.17) is 20.4 Å². The van der Waals surface area contributed by atoms with Gasteiger partial charge in [-0.05, 0) is 37.2 Å². The standard InChI is InChI=1S/C8H16O2.2C4H8O2S/c9-6-8(7-10)4-2-1-3-5-8;2*5-4(6)2-1-3-7/h9-10H,1-7H2;2*7H,1-3H2,(H,5,6). The third-order valence-electron chi connectivity index (χ3n) is 3.68.